The minimum absolute atomic E-state index is 0.0638. The normalized spacial score (nSPS) is 12.5. The third kappa shape index (κ3) is 49.7. The molecule has 0 aliphatic carbocycles. The van der Waals surface area contributed by atoms with Crippen LogP contribution in [0.1, 0.15) is 317 Å². The maximum absolute atomic E-state index is 12.8. The Morgan fingerprint density at radius 3 is 0.905 bits per heavy atom. The fourth-order valence-electron chi connectivity index (χ4n) is 8.66. The molecule has 0 radical (unpaired) electrons. The second-order valence-corrected chi connectivity index (χ2v) is 20.3. The monoisotopic (exact) mass is 891 g/mol. The lowest BCUT2D eigenvalue weighted by molar-refractivity contribution is -0.167. The van der Waals surface area contributed by atoms with Crippen LogP contribution in [0, 0.1) is 11.8 Å². The highest BCUT2D eigenvalue weighted by atomic mass is 16.6. The predicted molar refractivity (Wildman–Crippen MR) is 270 cm³/mol. The van der Waals surface area contributed by atoms with Gasteiger partial charge in [0.05, 0.1) is 0 Å². The van der Waals surface area contributed by atoms with Crippen LogP contribution in [0.25, 0.3) is 0 Å². The molecule has 0 aromatic heterocycles. The third-order valence-corrected chi connectivity index (χ3v) is 13.3. The van der Waals surface area contributed by atoms with Gasteiger partial charge < -0.3 is 14.2 Å². The average Bonchev–Trinajstić information content (AvgIpc) is 3.27. The van der Waals surface area contributed by atoms with Crippen molar-refractivity contribution in [1.82, 2.24) is 0 Å². The minimum Gasteiger partial charge on any atom is -0.462 e. The highest BCUT2D eigenvalue weighted by Crippen LogP contribution is 2.18. The first kappa shape index (κ1) is 61.4. The topological polar surface area (TPSA) is 78.9 Å². The van der Waals surface area contributed by atoms with Gasteiger partial charge in [-0.05, 0) is 31.1 Å². The van der Waals surface area contributed by atoms with Crippen molar-refractivity contribution in [3.05, 3.63) is 0 Å². The highest BCUT2D eigenvalue weighted by molar-refractivity contribution is 5.71. The Kier molecular flexibility index (Phi) is 48.6. The lowest BCUT2D eigenvalue weighted by Gasteiger charge is -2.18. The van der Waals surface area contributed by atoms with Crippen molar-refractivity contribution >= 4 is 17.9 Å². The van der Waals surface area contributed by atoms with Gasteiger partial charge in [0.2, 0.25) is 0 Å². The van der Waals surface area contributed by atoms with Gasteiger partial charge in [-0.2, -0.15) is 0 Å². The van der Waals surface area contributed by atoms with Crippen molar-refractivity contribution in [3.63, 3.8) is 0 Å². The summed E-state index contributed by atoms with van der Waals surface area (Å²) in [5.41, 5.74) is 0. The summed E-state index contributed by atoms with van der Waals surface area (Å²) in [6.45, 7) is 11.4. The number of carbonyl (C=O) groups is 3. The summed E-state index contributed by atoms with van der Waals surface area (Å²) in [7, 11) is 0. The van der Waals surface area contributed by atoms with E-state index in [0.29, 0.717) is 19.3 Å². The Morgan fingerprint density at radius 1 is 0.333 bits per heavy atom. The summed E-state index contributed by atoms with van der Waals surface area (Å²) < 4.78 is 16.8. The maximum Gasteiger partial charge on any atom is 0.306 e. The SMILES string of the molecule is CCCCCCCCCCCCCCCCCCCCC(=O)OC[C@@H](COC(=O)CCCCCCCCC(C)C)OC(=O)CCCCCCCCCCCCCCCCC(C)CC. The van der Waals surface area contributed by atoms with E-state index in [1.807, 2.05) is 0 Å². The number of rotatable bonds is 51. The number of hydrogen-bond donors (Lipinski definition) is 0. The zero-order chi connectivity index (χ0) is 46.1. The zero-order valence-corrected chi connectivity index (χ0v) is 43.2. The number of esters is 3. The van der Waals surface area contributed by atoms with Crippen LogP contribution in [0.4, 0.5) is 0 Å². The van der Waals surface area contributed by atoms with Gasteiger partial charge in [-0.3, -0.25) is 14.4 Å². The molecule has 0 amide bonds. The predicted octanol–water partition coefficient (Wildman–Crippen LogP) is 18.5. The van der Waals surface area contributed by atoms with Crippen molar-refractivity contribution in [2.75, 3.05) is 13.2 Å². The molecule has 1 unspecified atom stereocenters. The van der Waals surface area contributed by atoms with Crippen LogP contribution in [0.2, 0.25) is 0 Å². The number of unbranched alkanes of at least 4 members (excludes halogenated alkanes) is 35. The molecule has 0 fully saturated rings. The maximum atomic E-state index is 12.8. The summed E-state index contributed by atoms with van der Waals surface area (Å²) in [4.78, 5) is 38.0. The number of ether oxygens (including phenoxy) is 3. The number of hydrogen-bond acceptors (Lipinski definition) is 6. The molecule has 0 aromatic carbocycles. The van der Waals surface area contributed by atoms with Crippen molar-refractivity contribution in [3.8, 4) is 0 Å². The smallest absolute Gasteiger partial charge is 0.306 e. The molecule has 0 spiro atoms. The minimum atomic E-state index is -0.763. The van der Waals surface area contributed by atoms with Crippen LogP contribution in [0.5, 0.6) is 0 Å². The van der Waals surface area contributed by atoms with Crippen LogP contribution in [-0.2, 0) is 28.6 Å². The van der Waals surface area contributed by atoms with Gasteiger partial charge in [0.15, 0.2) is 6.10 Å². The van der Waals surface area contributed by atoms with Gasteiger partial charge >= 0.3 is 17.9 Å². The van der Waals surface area contributed by atoms with Gasteiger partial charge in [-0.15, -0.1) is 0 Å². The first-order valence-corrected chi connectivity index (χ1v) is 28.3. The van der Waals surface area contributed by atoms with Gasteiger partial charge in [-0.25, -0.2) is 0 Å². The van der Waals surface area contributed by atoms with Crippen LogP contribution < -0.4 is 0 Å². The van der Waals surface area contributed by atoms with Gasteiger partial charge in [0.25, 0.3) is 0 Å². The largest absolute Gasteiger partial charge is 0.462 e. The summed E-state index contributed by atoms with van der Waals surface area (Å²) in [6, 6.07) is 0. The Balaban J connectivity index is 4.22. The second-order valence-electron chi connectivity index (χ2n) is 20.3. The molecule has 6 heteroatoms. The van der Waals surface area contributed by atoms with E-state index in [4.69, 9.17) is 14.2 Å². The van der Waals surface area contributed by atoms with E-state index in [2.05, 4.69) is 34.6 Å². The van der Waals surface area contributed by atoms with Crippen molar-refractivity contribution < 1.29 is 28.6 Å². The van der Waals surface area contributed by atoms with E-state index < -0.39 is 6.10 Å². The molecule has 0 aromatic rings. The molecule has 0 bridgehead atoms. The van der Waals surface area contributed by atoms with Crippen LogP contribution in [-0.4, -0.2) is 37.2 Å². The highest BCUT2D eigenvalue weighted by Gasteiger charge is 2.19. The summed E-state index contributed by atoms with van der Waals surface area (Å²) in [5.74, 6) is 0.810. The molecule has 0 aliphatic rings. The molecule has 63 heavy (non-hydrogen) atoms. The molecule has 0 saturated heterocycles. The summed E-state index contributed by atoms with van der Waals surface area (Å²) in [5, 5.41) is 0. The molecule has 0 aliphatic heterocycles. The molecule has 6 nitrogen and oxygen atoms in total. The summed E-state index contributed by atoms with van der Waals surface area (Å²) in [6.07, 6.45) is 52.5. The van der Waals surface area contributed by atoms with E-state index in [9.17, 15) is 14.4 Å². The Morgan fingerprint density at radius 2 is 0.603 bits per heavy atom. The van der Waals surface area contributed by atoms with Crippen molar-refractivity contribution in [1.29, 1.82) is 0 Å². The molecule has 374 valence electrons. The zero-order valence-electron chi connectivity index (χ0n) is 43.2. The second kappa shape index (κ2) is 49.8. The van der Waals surface area contributed by atoms with Crippen LogP contribution in [0.3, 0.4) is 0 Å². The van der Waals surface area contributed by atoms with Crippen molar-refractivity contribution in [2.45, 2.75) is 323 Å². The molecule has 0 saturated carbocycles. The molecule has 2 atom stereocenters. The number of carbonyl (C=O) groups excluding carboxylic acids is 3. The van der Waals surface area contributed by atoms with E-state index in [-0.39, 0.29) is 31.1 Å². The lowest BCUT2D eigenvalue weighted by Crippen LogP contribution is -2.30. The Labute approximate surface area is 393 Å². The average molecular weight is 892 g/mol. The molecule has 0 heterocycles. The van der Waals surface area contributed by atoms with E-state index in [0.717, 1.165) is 69.6 Å². The quantitative estimate of drug-likeness (QED) is 0.0344. The van der Waals surface area contributed by atoms with E-state index in [1.165, 1.54) is 205 Å². The first-order chi connectivity index (χ1) is 30.8. The van der Waals surface area contributed by atoms with Crippen LogP contribution in [0.15, 0.2) is 0 Å². The first-order valence-electron chi connectivity index (χ1n) is 28.3. The third-order valence-electron chi connectivity index (χ3n) is 13.3. The molecule has 0 N–H and O–H groups in total. The Bertz CT molecular complexity index is 964. The van der Waals surface area contributed by atoms with Crippen LogP contribution >= 0.6 is 0 Å². The van der Waals surface area contributed by atoms with Gasteiger partial charge in [0, 0.05) is 19.3 Å². The molecular formula is C57H110O6. The van der Waals surface area contributed by atoms with Gasteiger partial charge in [0.1, 0.15) is 13.2 Å². The van der Waals surface area contributed by atoms with Gasteiger partial charge in [-0.1, -0.05) is 279 Å². The summed E-state index contributed by atoms with van der Waals surface area (Å²) >= 11 is 0. The fraction of sp³-hybridized carbons (Fsp3) is 0.947. The van der Waals surface area contributed by atoms with E-state index in [1.54, 1.807) is 0 Å². The standard InChI is InChI=1S/C57H110O6/c1-6-8-9-10-11-12-13-14-15-16-17-18-22-25-28-31-37-42-47-55(58)61-50-54(51-62-56(59)48-43-38-34-33-35-40-45-52(3)4)63-57(60)49-44-39-32-29-26-23-20-19-21-24-27-30-36-41-46-53(5)7-2/h52-54H,6-51H2,1-5H3/t53?,54-/m0/s1. The molecular weight excluding hydrogens is 781 g/mol. The Hall–Kier alpha value is -1.59. The van der Waals surface area contributed by atoms with E-state index >= 15 is 0 Å². The van der Waals surface area contributed by atoms with Crippen molar-refractivity contribution in [2.24, 2.45) is 11.8 Å². The lowest BCUT2D eigenvalue weighted by atomic mass is 9.99. The molecule has 0 rings (SSSR count). The fourth-order valence-corrected chi connectivity index (χ4v) is 8.66.